The monoisotopic (exact) mass is 247 g/mol. The summed E-state index contributed by atoms with van der Waals surface area (Å²) in [6.45, 7) is 3.01. The first kappa shape index (κ1) is 13.2. The van der Waals surface area contributed by atoms with E-state index in [2.05, 4.69) is 34.7 Å². The molecule has 1 aliphatic carbocycles. The second-order valence-electron chi connectivity index (χ2n) is 5.15. The fourth-order valence-electron chi connectivity index (χ4n) is 2.63. The Balaban J connectivity index is 1.92. The minimum absolute atomic E-state index is 0.641. The first-order chi connectivity index (χ1) is 8.88. The van der Waals surface area contributed by atoms with Gasteiger partial charge in [-0.15, -0.1) is 0 Å². The molecule has 0 unspecified atom stereocenters. The molecule has 1 aromatic heterocycles. The summed E-state index contributed by atoms with van der Waals surface area (Å²) in [6.07, 6.45) is 11.4. The van der Waals surface area contributed by atoms with Gasteiger partial charge in [0.05, 0.1) is 0 Å². The molecule has 3 nitrogen and oxygen atoms in total. The zero-order chi connectivity index (χ0) is 12.6. The van der Waals surface area contributed by atoms with E-state index in [9.17, 15) is 0 Å². The molecule has 0 radical (unpaired) electrons. The van der Waals surface area contributed by atoms with Crippen molar-refractivity contribution < 1.29 is 0 Å². The lowest BCUT2D eigenvalue weighted by atomic mass is 9.96. The van der Waals surface area contributed by atoms with E-state index in [1.165, 1.54) is 50.6 Å². The third-order valence-corrected chi connectivity index (χ3v) is 3.59. The predicted molar refractivity (Wildman–Crippen MR) is 78.1 cm³/mol. The van der Waals surface area contributed by atoms with Crippen molar-refractivity contribution in [1.82, 2.24) is 4.98 Å². The average molecular weight is 247 g/mol. The molecule has 3 heteroatoms. The van der Waals surface area contributed by atoms with Gasteiger partial charge in [0, 0.05) is 30.5 Å². The van der Waals surface area contributed by atoms with Gasteiger partial charge < -0.3 is 10.6 Å². The van der Waals surface area contributed by atoms with Crippen LogP contribution >= 0.6 is 0 Å². The number of pyridine rings is 1. The van der Waals surface area contributed by atoms with Gasteiger partial charge in [0.15, 0.2) is 0 Å². The van der Waals surface area contributed by atoms with Gasteiger partial charge in [-0.1, -0.05) is 32.1 Å². The van der Waals surface area contributed by atoms with E-state index in [1.54, 1.807) is 0 Å². The van der Waals surface area contributed by atoms with E-state index in [-0.39, 0.29) is 0 Å². The van der Waals surface area contributed by atoms with Gasteiger partial charge in [0.1, 0.15) is 5.82 Å². The average Bonchev–Trinajstić information content (AvgIpc) is 2.33. The largest absolute Gasteiger partial charge is 0.382 e. The Hall–Kier alpha value is -1.25. The van der Waals surface area contributed by atoms with Gasteiger partial charge >= 0.3 is 0 Å². The Morgan fingerprint density at radius 2 is 1.89 bits per heavy atom. The van der Waals surface area contributed by atoms with Crippen LogP contribution in [0.5, 0.6) is 0 Å². The highest BCUT2D eigenvalue weighted by molar-refractivity contribution is 5.52. The van der Waals surface area contributed by atoms with Crippen molar-refractivity contribution in [2.75, 3.05) is 17.2 Å². The molecule has 2 N–H and O–H groups in total. The topological polar surface area (TPSA) is 37.0 Å². The fraction of sp³-hybridized carbons (Fsp3) is 0.667. The van der Waals surface area contributed by atoms with Crippen LogP contribution < -0.4 is 10.6 Å². The molecule has 100 valence electrons. The highest BCUT2D eigenvalue weighted by Gasteiger charge is 2.11. The summed E-state index contributed by atoms with van der Waals surface area (Å²) >= 11 is 0. The van der Waals surface area contributed by atoms with Gasteiger partial charge in [0.25, 0.3) is 0 Å². The molecule has 1 saturated carbocycles. The molecular weight excluding hydrogens is 222 g/mol. The molecule has 1 fully saturated rings. The lowest BCUT2D eigenvalue weighted by Crippen LogP contribution is -2.20. The summed E-state index contributed by atoms with van der Waals surface area (Å²) in [6, 6.07) is 4.82. The number of rotatable bonds is 4. The van der Waals surface area contributed by atoms with Crippen LogP contribution in [-0.2, 0) is 0 Å². The zero-order valence-corrected chi connectivity index (χ0v) is 11.4. The van der Waals surface area contributed by atoms with Gasteiger partial charge in [0.2, 0.25) is 0 Å². The van der Waals surface area contributed by atoms with Crippen molar-refractivity contribution in [3.8, 4) is 0 Å². The smallest absolute Gasteiger partial charge is 0.127 e. The lowest BCUT2D eigenvalue weighted by molar-refractivity contribution is 0.471. The Morgan fingerprint density at radius 3 is 2.61 bits per heavy atom. The molecule has 0 bridgehead atoms. The third kappa shape index (κ3) is 4.21. The van der Waals surface area contributed by atoms with Crippen LogP contribution in [0.25, 0.3) is 0 Å². The first-order valence-electron chi connectivity index (χ1n) is 7.35. The predicted octanol–water partition coefficient (Wildman–Crippen LogP) is 4.04. The zero-order valence-electron chi connectivity index (χ0n) is 11.4. The summed E-state index contributed by atoms with van der Waals surface area (Å²) in [5.74, 6) is 0.966. The number of aromatic nitrogens is 1. The lowest BCUT2D eigenvalue weighted by Gasteiger charge is -2.22. The van der Waals surface area contributed by atoms with Gasteiger partial charge in [-0.3, -0.25) is 0 Å². The normalized spacial score (nSPS) is 17.8. The minimum atomic E-state index is 0.641. The summed E-state index contributed by atoms with van der Waals surface area (Å²) in [5.41, 5.74) is 1.20. The molecule has 0 spiro atoms. The second-order valence-corrected chi connectivity index (χ2v) is 5.15. The van der Waals surface area contributed by atoms with Crippen LogP contribution in [0, 0.1) is 0 Å². The highest BCUT2D eigenvalue weighted by Crippen LogP contribution is 2.21. The van der Waals surface area contributed by atoms with Crippen LogP contribution in [0.3, 0.4) is 0 Å². The van der Waals surface area contributed by atoms with Crippen molar-refractivity contribution in [2.24, 2.45) is 0 Å². The number of hydrogen-bond acceptors (Lipinski definition) is 3. The van der Waals surface area contributed by atoms with Crippen molar-refractivity contribution in [3.63, 3.8) is 0 Å². The number of anilines is 2. The molecule has 0 atom stereocenters. The maximum Gasteiger partial charge on any atom is 0.127 e. The molecule has 1 aromatic rings. The number of nitrogens with zero attached hydrogens (tertiary/aromatic N) is 1. The van der Waals surface area contributed by atoms with Crippen LogP contribution in [-0.4, -0.2) is 17.6 Å². The highest BCUT2D eigenvalue weighted by atomic mass is 15.0. The van der Waals surface area contributed by atoms with E-state index in [1.807, 2.05) is 6.20 Å². The van der Waals surface area contributed by atoms with Gasteiger partial charge in [-0.05, 0) is 25.8 Å². The molecule has 0 aliphatic heterocycles. The van der Waals surface area contributed by atoms with E-state index in [0.29, 0.717) is 6.04 Å². The maximum absolute atomic E-state index is 4.30. The number of nitrogens with one attached hydrogen (secondary N) is 2. The first-order valence-corrected chi connectivity index (χ1v) is 7.35. The molecular formula is C15H25N3. The van der Waals surface area contributed by atoms with E-state index in [4.69, 9.17) is 0 Å². The molecule has 2 rings (SSSR count). The second kappa shape index (κ2) is 7.24. The van der Waals surface area contributed by atoms with Crippen molar-refractivity contribution in [1.29, 1.82) is 0 Å². The Morgan fingerprint density at radius 1 is 1.17 bits per heavy atom. The molecule has 0 amide bonds. The van der Waals surface area contributed by atoms with Crippen molar-refractivity contribution >= 4 is 11.5 Å². The summed E-state index contributed by atoms with van der Waals surface area (Å²) in [5, 5.41) is 6.92. The minimum Gasteiger partial charge on any atom is -0.382 e. The molecule has 0 saturated heterocycles. The standard InChI is InChI=1S/C15H25N3/c1-2-16-15-12-14(10-11-17-15)18-13-8-6-4-3-5-7-9-13/h10-13H,2-9H2,1H3,(H2,16,17,18). The van der Waals surface area contributed by atoms with Crippen molar-refractivity contribution in [2.45, 2.75) is 57.9 Å². The molecule has 18 heavy (non-hydrogen) atoms. The molecule has 1 aliphatic rings. The molecule has 0 aromatic carbocycles. The van der Waals surface area contributed by atoms with Crippen LogP contribution in [0.2, 0.25) is 0 Å². The SMILES string of the molecule is CCNc1cc(NC2CCCCCCC2)ccn1. The van der Waals surface area contributed by atoms with E-state index >= 15 is 0 Å². The maximum atomic E-state index is 4.30. The Kier molecular flexibility index (Phi) is 5.31. The molecule has 1 heterocycles. The van der Waals surface area contributed by atoms with Crippen LogP contribution in [0.15, 0.2) is 18.3 Å². The quantitative estimate of drug-likeness (QED) is 0.843. The van der Waals surface area contributed by atoms with Gasteiger partial charge in [-0.25, -0.2) is 4.98 Å². The third-order valence-electron chi connectivity index (χ3n) is 3.59. The van der Waals surface area contributed by atoms with Crippen LogP contribution in [0.4, 0.5) is 11.5 Å². The number of hydrogen-bond donors (Lipinski definition) is 2. The Labute approximate surface area is 110 Å². The van der Waals surface area contributed by atoms with E-state index < -0.39 is 0 Å². The van der Waals surface area contributed by atoms with Crippen molar-refractivity contribution in [3.05, 3.63) is 18.3 Å². The fourth-order valence-corrected chi connectivity index (χ4v) is 2.63. The van der Waals surface area contributed by atoms with Gasteiger partial charge in [-0.2, -0.15) is 0 Å². The van der Waals surface area contributed by atoms with Crippen LogP contribution in [0.1, 0.15) is 51.9 Å². The Bertz CT molecular complexity index is 343. The summed E-state index contributed by atoms with van der Waals surface area (Å²) in [4.78, 5) is 4.30. The summed E-state index contributed by atoms with van der Waals surface area (Å²) < 4.78 is 0. The summed E-state index contributed by atoms with van der Waals surface area (Å²) in [7, 11) is 0. The van der Waals surface area contributed by atoms with E-state index in [0.717, 1.165) is 12.4 Å².